The zero-order valence-corrected chi connectivity index (χ0v) is 14.9. The van der Waals surface area contributed by atoms with E-state index >= 15 is 0 Å². The summed E-state index contributed by atoms with van der Waals surface area (Å²) >= 11 is 0. The number of allylic oxidation sites excluding steroid dienone is 4. The molecule has 0 aromatic carbocycles. The molecule has 2 aliphatic rings. The Hall–Kier alpha value is -0.770. The fraction of sp³-hybridized carbons (Fsp3) is 0.143. The van der Waals surface area contributed by atoms with E-state index in [2.05, 4.69) is 0 Å². The molecule has 116 valence electrons. The van der Waals surface area contributed by atoms with Crippen LogP contribution in [-0.4, -0.2) is 23.9 Å². The van der Waals surface area contributed by atoms with Crippen LogP contribution in [-0.2, 0) is 19.2 Å². The molecule has 2 aliphatic carbocycles. The fourth-order valence-electron chi connectivity index (χ4n) is 1.65. The smallest absolute Gasteiger partial charge is 0.548 e. The molecule has 0 N–H and O–H groups in total. The minimum absolute atomic E-state index is 0. The van der Waals surface area contributed by atoms with Crippen molar-refractivity contribution in [3.63, 3.8) is 0 Å². The van der Waals surface area contributed by atoms with Crippen molar-refractivity contribution in [2.24, 2.45) is 10.8 Å². The molecule has 0 aromatic rings. The van der Waals surface area contributed by atoms with E-state index in [1.807, 2.05) is 0 Å². The maximum absolute atomic E-state index is 10.3. The molecule has 0 aliphatic heterocycles. The van der Waals surface area contributed by atoms with Crippen LogP contribution < -0.4 is 95.9 Å². The second-order valence-electron chi connectivity index (χ2n) is 4.32. The Morgan fingerprint density at radius 1 is 0.462 bits per heavy atom. The number of hydrogen-bond acceptors (Lipinski definition) is 8. The van der Waals surface area contributed by atoms with Gasteiger partial charge in [-0.2, -0.15) is 0 Å². The first-order valence-corrected chi connectivity index (χ1v) is 5.79. The van der Waals surface area contributed by atoms with Crippen LogP contribution in [0.4, 0.5) is 0 Å². The van der Waals surface area contributed by atoms with Gasteiger partial charge in [0.1, 0.15) is 0 Å². The molecule has 0 saturated heterocycles. The normalized spacial score (nSPS) is 15.7. The van der Waals surface area contributed by atoms with Crippen LogP contribution >= 0.6 is 0 Å². The molecule has 0 aromatic heterocycles. The number of carbonyl (C=O) groups excluding carboxylic acids is 4. The van der Waals surface area contributed by atoms with Gasteiger partial charge in [-0.05, 0) is 0 Å². The molecule has 0 fully saturated rings. The van der Waals surface area contributed by atoms with Crippen molar-refractivity contribution >= 4 is 23.9 Å². The predicted octanol–water partition coefficient (Wildman–Crippen LogP) is -16.8. The van der Waals surface area contributed by atoms with Crippen LogP contribution in [0.25, 0.3) is 0 Å². The standard InChI is InChI=1S/2C7H6O4.4Li/c2*8-5(9)7(6(10)11)3-1-2-4-7;;;;/h2*1-4H,(H,8,9)(H,10,11);;;;/q;;4*+1/p-4. The molecule has 26 heavy (non-hydrogen) atoms. The summed E-state index contributed by atoms with van der Waals surface area (Å²) in [5.74, 6) is -6.71. The quantitative estimate of drug-likeness (QED) is 0.362. The average molecular weight is 332 g/mol. The molecular formula is C14H8Li4O8. The summed E-state index contributed by atoms with van der Waals surface area (Å²) in [6.07, 6.45) is 9.35. The molecule has 8 nitrogen and oxygen atoms in total. The molecule has 0 atom stereocenters. The van der Waals surface area contributed by atoms with Crippen LogP contribution in [0.2, 0.25) is 0 Å². The zero-order chi connectivity index (χ0) is 17.0. The maximum atomic E-state index is 10.3. The van der Waals surface area contributed by atoms with Gasteiger partial charge in [0.25, 0.3) is 0 Å². The van der Waals surface area contributed by atoms with Crippen LogP contribution in [0.5, 0.6) is 0 Å². The molecule has 0 amide bonds. The van der Waals surface area contributed by atoms with Crippen molar-refractivity contribution in [2.75, 3.05) is 0 Å². The van der Waals surface area contributed by atoms with Gasteiger partial charge < -0.3 is 39.6 Å². The Kier molecular flexibility index (Phi) is 16.9. The van der Waals surface area contributed by atoms with Gasteiger partial charge in [0, 0.05) is 0 Å². The third-order valence-electron chi connectivity index (χ3n) is 3.01. The average Bonchev–Trinajstić information content (AvgIpc) is 3.10. The van der Waals surface area contributed by atoms with Crippen molar-refractivity contribution in [1.82, 2.24) is 0 Å². The molecule has 0 unspecified atom stereocenters. The maximum Gasteiger partial charge on any atom is 1.00 e. The Balaban J connectivity index is -0.000000161. The van der Waals surface area contributed by atoms with E-state index in [0.29, 0.717) is 0 Å². The molecule has 12 heteroatoms. The van der Waals surface area contributed by atoms with E-state index in [9.17, 15) is 39.6 Å². The molecule has 0 saturated carbocycles. The molecule has 0 bridgehead atoms. The third-order valence-corrected chi connectivity index (χ3v) is 3.01. The van der Waals surface area contributed by atoms with Crippen LogP contribution in [0.1, 0.15) is 0 Å². The van der Waals surface area contributed by atoms with E-state index in [-0.39, 0.29) is 75.4 Å². The van der Waals surface area contributed by atoms with Gasteiger partial charge in [0.15, 0.2) is 0 Å². The summed E-state index contributed by atoms with van der Waals surface area (Å²) in [7, 11) is 0. The minimum Gasteiger partial charge on any atom is -0.548 e. The van der Waals surface area contributed by atoms with Gasteiger partial charge >= 0.3 is 75.4 Å². The largest absolute Gasteiger partial charge is 1.00 e. The third kappa shape index (κ3) is 6.75. The summed E-state index contributed by atoms with van der Waals surface area (Å²) in [6, 6.07) is 0. The summed E-state index contributed by atoms with van der Waals surface area (Å²) in [5, 5.41) is 41.3. The SMILES string of the molecule is O=C([O-])C1(C(=O)[O-])C=CC=C1.O=C([O-])C1(C(=O)[O-])C=CC=C1.[Li+].[Li+].[Li+].[Li+]. The van der Waals surface area contributed by atoms with Crippen molar-refractivity contribution in [3.8, 4) is 0 Å². The van der Waals surface area contributed by atoms with Crippen LogP contribution in [0, 0.1) is 10.8 Å². The van der Waals surface area contributed by atoms with Gasteiger partial charge in [0.05, 0.1) is 34.7 Å². The Bertz CT molecular complexity index is 539. The van der Waals surface area contributed by atoms with Gasteiger partial charge in [-0.25, -0.2) is 0 Å². The van der Waals surface area contributed by atoms with Gasteiger partial charge in [-0.15, -0.1) is 0 Å². The monoisotopic (exact) mass is 332 g/mol. The second-order valence-corrected chi connectivity index (χ2v) is 4.32. The first-order chi connectivity index (χ1) is 10.2. The number of carboxylic acid groups (broad SMARTS) is 4. The summed E-state index contributed by atoms with van der Waals surface area (Å²) < 4.78 is 0. The molecule has 0 spiro atoms. The van der Waals surface area contributed by atoms with Crippen LogP contribution in [0.15, 0.2) is 48.6 Å². The van der Waals surface area contributed by atoms with Crippen molar-refractivity contribution in [1.29, 1.82) is 0 Å². The van der Waals surface area contributed by atoms with Crippen molar-refractivity contribution < 1.29 is 115 Å². The number of hydrogen-bond donors (Lipinski definition) is 0. The Morgan fingerprint density at radius 2 is 0.615 bits per heavy atom. The summed E-state index contributed by atoms with van der Waals surface area (Å²) in [5.41, 5.74) is -4.11. The topological polar surface area (TPSA) is 161 Å². The van der Waals surface area contributed by atoms with E-state index in [4.69, 9.17) is 0 Å². The first-order valence-electron chi connectivity index (χ1n) is 5.79. The van der Waals surface area contributed by atoms with E-state index in [1.165, 1.54) is 24.3 Å². The minimum atomic E-state index is -2.06. The van der Waals surface area contributed by atoms with Crippen molar-refractivity contribution in [3.05, 3.63) is 48.6 Å². The van der Waals surface area contributed by atoms with E-state index < -0.39 is 34.7 Å². The summed E-state index contributed by atoms with van der Waals surface area (Å²) in [6.45, 7) is 0. The Labute approximate surface area is 197 Å². The molecule has 0 heterocycles. The first kappa shape index (κ1) is 32.9. The molecular weight excluding hydrogens is 324 g/mol. The number of rotatable bonds is 4. The van der Waals surface area contributed by atoms with E-state index in [0.717, 1.165) is 24.3 Å². The molecule has 2 rings (SSSR count). The van der Waals surface area contributed by atoms with Gasteiger partial charge in [0.2, 0.25) is 0 Å². The predicted molar refractivity (Wildman–Crippen MR) is 61.5 cm³/mol. The summed E-state index contributed by atoms with van der Waals surface area (Å²) in [4.78, 5) is 41.3. The van der Waals surface area contributed by atoms with E-state index in [1.54, 1.807) is 0 Å². The number of aliphatic carboxylic acids is 4. The van der Waals surface area contributed by atoms with Crippen LogP contribution in [0.3, 0.4) is 0 Å². The molecule has 0 radical (unpaired) electrons. The second kappa shape index (κ2) is 13.4. The zero-order valence-electron chi connectivity index (χ0n) is 14.9. The Morgan fingerprint density at radius 3 is 0.692 bits per heavy atom. The number of carboxylic acids is 4. The number of carbonyl (C=O) groups is 4. The fourth-order valence-corrected chi connectivity index (χ4v) is 1.65. The van der Waals surface area contributed by atoms with Gasteiger partial charge in [-0.3, -0.25) is 0 Å². The van der Waals surface area contributed by atoms with Gasteiger partial charge in [-0.1, -0.05) is 48.6 Å². The van der Waals surface area contributed by atoms with Crippen molar-refractivity contribution in [2.45, 2.75) is 0 Å².